The van der Waals surface area contributed by atoms with Crippen LogP contribution >= 0.6 is 11.3 Å². The summed E-state index contributed by atoms with van der Waals surface area (Å²) in [6, 6.07) is 14.8. The monoisotopic (exact) mass is 545 g/mol. The normalized spacial score (nSPS) is 15.2. The molecule has 0 fully saturated rings. The van der Waals surface area contributed by atoms with Gasteiger partial charge >= 0.3 is 5.97 Å². The molecule has 0 saturated carbocycles. The number of aromatic nitrogens is 2. The lowest BCUT2D eigenvalue weighted by Crippen LogP contribution is -2.40. The smallest absolute Gasteiger partial charge is 0.338 e. The number of thiazole rings is 1. The summed E-state index contributed by atoms with van der Waals surface area (Å²) in [4.78, 5) is 32.2. The second-order valence-corrected chi connectivity index (χ2v) is 10.2. The first-order valence-electron chi connectivity index (χ1n) is 12.5. The quantitative estimate of drug-likeness (QED) is 0.338. The zero-order valence-corrected chi connectivity index (χ0v) is 23.1. The van der Waals surface area contributed by atoms with E-state index in [0.29, 0.717) is 31.9 Å². The van der Waals surface area contributed by atoms with E-state index in [-0.39, 0.29) is 18.0 Å². The highest BCUT2D eigenvalue weighted by Crippen LogP contribution is 2.35. The molecule has 0 radical (unpaired) electrons. The molecule has 1 aliphatic heterocycles. The lowest BCUT2D eigenvalue weighted by molar-refractivity contribution is -0.139. The van der Waals surface area contributed by atoms with Gasteiger partial charge in [0.05, 0.1) is 29.5 Å². The van der Waals surface area contributed by atoms with Crippen LogP contribution in [0.3, 0.4) is 0 Å². The number of esters is 1. The van der Waals surface area contributed by atoms with Gasteiger partial charge in [0.15, 0.2) is 4.80 Å². The van der Waals surface area contributed by atoms with E-state index in [1.54, 1.807) is 43.7 Å². The van der Waals surface area contributed by atoms with Gasteiger partial charge in [-0.2, -0.15) is 0 Å². The Morgan fingerprint density at radius 3 is 2.54 bits per heavy atom. The maximum atomic E-state index is 14.0. The molecule has 0 saturated heterocycles. The molecule has 4 aromatic rings. The Bertz CT molecular complexity index is 1790. The third-order valence-corrected chi connectivity index (χ3v) is 7.78. The molecule has 0 aliphatic carbocycles. The minimum Gasteiger partial charge on any atom is -0.496 e. The first-order chi connectivity index (χ1) is 18.7. The van der Waals surface area contributed by atoms with Crippen LogP contribution in [0.2, 0.25) is 0 Å². The van der Waals surface area contributed by atoms with E-state index in [1.165, 1.54) is 23.5 Å². The summed E-state index contributed by atoms with van der Waals surface area (Å²) in [6.45, 7) is 7.61. The van der Waals surface area contributed by atoms with Gasteiger partial charge in [-0.1, -0.05) is 29.5 Å². The van der Waals surface area contributed by atoms with Gasteiger partial charge in [-0.05, 0) is 75.7 Å². The standard InChI is InChI=1S/C30H28FN3O4S/c1-6-38-29(36)26-18(3)32-30-34(27(26)23-9-7-8-10-24(23)37-5)28(35)25(39-30)16-20-15-17(2)33(19(20)4)22-13-11-21(31)12-14-22/h7-16,27H,6H2,1-5H3. The number of hydrogen-bond donors (Lipinski definition) is 0. The number of aryl methyl sites for hydroxylation is 1. The molecule has 9 heteroatoms. The second kappa shape index (κ2) is 10.5. The summed E-state index contributed by atoms with van der Waals surface area (Å²) in [5, 5.41) is 0. The van der Waals surface area contributed by atoms with Gasteiger partial charge in [0.2, 0.25) is 0 Å². The van der Waals surface area contributed by atoms with Crippen LogP contribution in [0.4, 0.5) is 4.39 Å². The van der Waals surface area contributed by atoms with E-state index in [0.717, 1.165) is 22.6 Å². The molecule has 39 heavy (non-hydrogen) atoms. The van der Waals surface area contributed by atoms with Crippen LogP contribution in [-0.2, 0) is 9.53 Å². The number of hydrogen-bond acceptors (Lipinski definition) is 6. The molecule has 1 unspecified atom stereocenters. The van der Waals surface area contributed by atoms with Gasteiger partial charge in [-0.3, -0.25) is 9.36 Å². The summed E-state index contributed by atoms with van der Waals surface area (Å²) >= 11 is 1.26. The van der Waals surface area contributed by atoms with Crippen LogP contribution in [0.5, 0.6) is 5.75 Å². The largest absolute Gasteiger partial charge is 0.496 e. The van der Waals surface area contributed by atoms with Crippen LogP contribution in [0.15, 0.2) is 75.7 Å². The van der Waals surface area contributed by atoms with Crippen LogP contribution in [0.25, 0.3) is 11.8 Å². The van der Waals surface area contributed by atoms with Crippen LogP contribution in [0.1, 0.15) is 42.4 Å². The minimum atomic E-state index is -0.759. The number of carbonyl (C=O) groups is 1. The van der Waals surface area contributed by atoms with Crippen molar-refractivity contribution in [2.75, 3.05) is 13.7 Å². The van der Waals surface area contributed by atoms with Gasteiger partial charge < -0.3 is 14.0 Å². The van der Waals surface area contributed by atoms with Crippen LogP contribution < -0.4 is 19.6 Å². The van der Waals surface area contributed by atoms with Gasteiger partial charge in [-0.25, -0.2) is 14.2 Å². The topological polar surface area (TPSA) is 74.8 Å². The molecule has 5 rings (SSSR count). The first kappa shape index (κ1) is 26.4. The van der Waals surface area contributed by atoms with Crippen molar-refractivity contribution in [3.8, 4) is 11.4 Å². The summed E-state index contributed by atoms with van der Waals surface area (Å²) in [5.41, 5.74) is 4.74. The Morgan fingerprint density at radius 2 is 1.85 bits per heavy atom. The van der Waals surface area contributed by atoms with Crippen molar-refractivity contribution in [2.24, 2.45) is 4.99 Å². The van der Waals surface area contributed by atoms with E-state index < -0.39 is 12.0 Å². The van der Waals surface area contributed by atoms with E-state index in [1.807, 2.05) is 48.8 Å². The van der Waals surface area contributed by atoms with E-state index in [4.69, 9.17) is 9.47 Å². The van der Waals surface area contributed by atoms with Crippen molar-refractivity contribution in [1.29, 1.82) is 0 Å². The molecule has 2 aromatic carbocycles. The lowest BCUT2D eigenvalue weighted by atomic mass is 9.95. The number of benzene rings is 2. The highest BCUT2D eigenvalue weighted by molar-refractivity contribution is 7.07. The molecular formula is C30H28FN3O4S. The SMILES string of the molecule is CCOC(=O)C1=C(C)N=c2sc(=Cc3cc(C)n(-c4ccc(F)cc4)c3C)c(=O)n2C1c1ccccc1OC. The average Bonchev–Trinajstić information content (AvgIpc) is 3.37. The molecule has 1 aliphatic rings. The molecule has 200 valence electrons. The zero-order chi connectivity index (χ0) is 27.8. The van der Waals surface area contributed by atoms with Gasteiger partial charge in [-0.15, -0.1) is 0 Å². The van der Waals surface area contributed by atoms with Gasteiger partial charge in [0.1, 0.15) is 17.6 Å². The van der Waals surface area contributed by atoms with E-state index in [9.17, 15) is 14.0 Å². The van der Waals surface area contributed by atoms with Gasteiger partial charge in [0, 0.05) is 22.6 Å². The van der Waals surface area contributed by atoms with Crippen molar-refractivity contribution < 1.29 is 18.7 Å². The number of rotatable bonds is 6. The molecule has 0 N–H and O–H groups in total. The van der Waals surface area contributed by atoms with E-state index >= 15 is 0 Å². The Hall–Kier alpha value is -4.24. The lowest BCUT2D eigenvalue weighted by Gasteiger charge is -2.25. The fourth-order valence-electron chi connectivity index (χ4n) is 5.04. The molecule has 2 aromatic heterocycles. The molecule has 3 heterocycles. The second-order valence-electron chi connectivity index (χ2n) is 9.18. The fraction of sp³-hybridized carbons (Fsp3) is 0.233. The molecule has 0 spiro atoms. The van der Waals surface area contributed by atoms with Crippen molar-refractivity contribution in [2.45, 2.75) is 33.7 Å². The number of methoxy groups -OCH3 is 1. The zero-order valence-electron chi connectivity index (χ0n) is 22.3. The number of fused-ring (bicyclic) bond motifs is 1. The maximum Gasteiger partial charge on any atom is 0.338 e. The number of allylic oxidation sites excluding steroid dienone is 1. The maximum absolute atomic E-state index is 14.0. The molecule has 0 bridgehead atoms. The third-order valence-electron chi connectivity index (χ3n) is 6.79. The van der Waals surface area contributed by atoms with Crippen molar-refractivity contribution in [1.82, 2.24) is 9.13 Å². The van der Waals surface area contributed by atoms with E-state index in [2.05, 4.69) is 4.99 Å². The number of carbonyl (C=O) groups excluding carboxylic acids is 1. The Kier molecular flexibility index (Phi) is 7.10. The molecule has 7 nitrogen and oxygen atoms in total. The molecule has 1 atom stereocenters. The van der Waals surface area contributed by atoms with Gasteiger partial charge in [0.25, 0.3) is 5.56 Å². The predicted molar refractivity (Wildman–Crippen MR) is 149 cm³/mol. The highest BCUT2D eigenvalue weighted by Gasteiger charge is 2.35. The number of halogens is 1. The Labute approximate surface area is 228 Å². The summed E-state index contributed by atoms with van der Waals surface area (Å²) in [7, 11) is 1.56. The average molecular weight is 546 g/mol. The summed E-state index contributed by atoms with van der Waals surface area (Å²) < 4.78 is 28.5. The van der Waals surface area contributed by atoms with Crippen molar-refractivity contribution in [3.63, 3.8) is 0 Å². The fourth-order valence-corrected chi connectivity index (χ4v) is 6.08. The first-order valence-corrected chi connectivity index (χ1v) is 13.3. The summed E-state index contributed by atoms with van der Waals surface area (Å²) in [5.74, 6) is -0.271. The number of nitrogens with zero attached hydrogens (tertiary/aromatic N) is 3. The van der Waals surface area contributed by atoms with Crippen molar-refractivity contribution in [3.05, 3.63) is 114 Å². The van der Waals surface area contributed by atoms with Crippen molar-refractivity contribution >= 4 is 23.4 Å². The van der Waals surface area contributed by atoms with Crippen LogP contribution in [0, 0.1) is 19.7 Å². The Morgan fingerprint density at radius 1 is 1.13 bits per heavy atom. The number of para-hydroxylation sites is 1. The highest BCUT2D eigenvalue weighted by atomic mass is 32.1. The van der Waals surface area contributed by atoms with Crippen LogP contribution in [-0.4, -0.2) is 28.8 Å². The predicted octanol–water partition coefficient (Wildman–Crippen LogP) is 4.35. The molecular weight excluding hydrogens is 517 g/mol. The summed E-state index contributed by atoms with van der Waals surface area (Å²) in [6.07, 6.45) is 1.84. The Balaban J connectivity index is 1.71. The minimum absolute atomic E-state index is 0.197. The molecule has 0 amide bonds. The number of ether oxygens (including phenoxy) is 2. The third kappa shape index (κ3) is 4.63.